The van der Waals surface area contributed by atoms with Crippen LogP contribution in [-0.2, 0) is 9.53 Å². The van der Waals surface area contributed by atoms with E-state index in [1.54, 1.807) is 66.7 Å². The van der Waals surface area contributed by atoms with Gasteiger partial charge in [0, 0.05) is 11.1 Å². The molecule has 0 saturated carbocycles. The number of para-hydroxylation sites is 2. The minimum absolute atomic E-state index is 0.292. The third-order valence-electron chi connectivity index (χ3n) is 4.14. The molecule has 0 amide bonds. The normalized spacial score (nSPS) is 11.3. The van der Waals surface area contributed by atoms with Crippen LogP contribution in [0.2, 0.25) is 0 Å². The second-order valence-corrected chi connectivity index (χ2v) is 6.18. The number of benzene rings is 3. The first kappa shape index (κ1) is 20.1. The van der Waals surface area contributed by atoms with E-state index in [9.17, 15) is 9.59 Å². The average Bonchev–Trinajstić information content (AvgIpc) is 2.78. The van der Waals surface area contributed by atoms with Gasteiger partial charge in [-0.05, 0) is 19.1 Å². The summed E-state index contributed by atoms with van der Waals surface area (Å²) in [6, 6.07) is 24.8. The Bertz CT molecular complexity index is 938. The van der Waals surface area contributed by atoms with Crippen molar-refractivity contribution < 1.29 is 23.8 Å². The molecule has 5 heteroatoms. The third-order valence-corrected chi connectivity index (χ3v) is 4.14. The molecule has 3 rings (SSSR count). The average molecular weight is 390 g/mol. The Morgan fingerprint density at radius 1 is 0.759 bits per heavy atom. The topological polar surface area (TPSA) is 61.8 Å². The second kappa shape index (κ2) is 10.1. The zero-order valence-corrected chi connectivity index (χ0v) is 16.1. The Morgan fingerprint density at radius 2 is 1.31 bits per heavy atom. The predicted octanol–water partition coefficient (Wildman–Crippen LogP) is 4.63. The van der Waals surface area contributed by atoms with Crippen molar-refractivity contribution in [1.82, 2.24) is 0 Å². The molecule has 0 aliphatic heterocycles. The summed E-state index contributed by atoms with van der Waals surface area (Å²) >= 11 is 0. The lowest BCUT2D eigenvalue weighted by atomic mass is 10.00. The lowest BCUT2D eigenvalue weighted by Gasteiger charge is -2.18. The number of ketones is 1. The van der Waals surface area contributed by atoms with Crippen molar-refractivity contribution >= 4 is 11.8 Å². The van der Waals surface area contributed by atoms with Gasteiger partial charge in [0.25, 0.3) is 0 Å². The highest BCUT2D eigenvalue weighted by molar-refractivity contribution is 6.01. The molecule has 0 radical (unpaired) electrons. The minimum Gasteiger partial charge on any atom is -0.490 e. The van der Waals surface area contributed by atoms with E-state index >= 15 is 0 Å². The number of Topliss-reactive ketones (excluding diaryl/α,β-unsaturated/α-hetero) is 1. The van der Waals surface area contributed by atoms with Crippen LogP contribution in [0, 0.1) is 0 Å². The summed E-state index contributed by atoms with van der Waals surface area (Å²) in [4.78, 5) is 25.4. The smallest absolute Gasteiger partial charge is 0.345 e. The van der Waals surface area contributed by atoms with Crippen molar-refractivity contribution in [3.8, 4) is 11.5 Å². The summed E-state index contributed by atoms with van der Waals surface area (Å²) in [5.74, 6) is 0.0500. The molecule has 3 aromatic rings. The van der Waals surface area contributed by atoms with Crippen LogP contribution >= 0.6 is 0 Å². The molecule has 0 fully saturated rings. The third kappa shape index (κ3) is 5.45. The zero-order chi connectivity index (χ0) is 20.5. The summed E-state index contributed by atoms with van der Waals surface area (Å²) in [5.41, 5.74) is 1.07. The molecule has 0 spiro atoms. The second-order valence-electron chi connectivity index (χ2n) is 6.18. The van der Waals surface area contributed by atoms with Gasteiger partial charge < -0.3 is 14.2 Å². The van der Waals surface area contributed by atoms with E-state index in [-0.39, 0.29) is 12.4 Å². The van der Waals surface area contributed by atoms with Gasteiger partial charge in [0.15, 0.2) is 24.2 Å². The minimum atomic E-state index is -1.04. The van der Waals surface area contributed by atoms with E-state index in [4.69, 9.17) is 14.2 Å². The van der Waals surface area contributed by atoms with Crippen LogP contribution in [0.15, 0.2) is 84.9 Å². The van der Waals surface area contributed by atoms with E-state index in [1.807, 2.05) is 25.1 Å². The van der Waals surface area contributed by atoms with Crippen molar-refractivity contribution in [2.24, 2.45) is 0 Å². The first-order valence-corrected chi connectivity index (χ1v) is 9.37. The summed E-state index contributed by atoms with van der Waals surface area (Å²) in [7, 11) is 0. The van der Waals surface area contributed by atoms with Crippen LogP contribution in [-0.4, -0.2) is 25.0 Å². The Kier molecular flexibility index (Phi) is 7.00. The highest BCUT2D eigenvalue weighted by Crippen LogP contribution is 2.27. The molecule has 0 aliphatic rings. The van der Waals surface area contributed by atoms with E-state index < -0.39 is 12.1 Å². The number of hydrogen-bond donors (Lipinski definition) is 0. The maximum absolute atomic E-state index is 13.0. The molecule has 29 heavy (non-hydrogen) atoms. The van der Waals surface area contributed by atoms with Gasteiger partial charge in [-0.2, -0.15) is 0 Å². The van der Waals surface area contributed by atoms with Gasteiger partial charge in [-0.25, -0.2) is 4.79 Å². The van der Waals surface area contributed by atoms with Gasteiger partial charge in [0.1, 0.15) is 0 Å². The molecule has 0 aliphatic carbocycles. The maximum Gasteiger partial charge on any atom is 0.345 e. The van der Waals surface area contributed by atoms with E-state index in [0.717, 1.165) is 0 Å². The largest absolute Gasteiger partial charge is 0.490 e. The molecule has 1 atom stereocenters. The molecule has 0 unspecified atom stereocenters. The van der Waals surface area contributed by atoms with E-state index in [2.05, 4.69) is 0 Å². The summed E-state index contributed by atoms with van der Waals surface area (Å²) in [5, 5.41) is 0. The van der Waals surface area contributed by atoms with Crippen molar-refractivity contribution in [2.75, 3.05) is 13.2 Å². The van der Waals surface area contributed by atoms with Crippen molar-refractivity contribution in [2.45, 2.75) is 13.0 Å². The zero-order valence-electron chi connectivity index (χ0n) is 16.1. The molecule has 0 bridgehead atoms. The van der Waals surface area contributed by atoms with Crippen LogP contribution in [0.5, 0.6) is 11.5 Å². The maximum atomic E-state index is 13.0. The van der Waals surface area contributed by atoms with Gasteiger partial charge in [0.2, 0.25) is 5.78 Å². The fourth-order valence-electron chi connectivity index (χ4n) is 2.80. The van der Waals surface area contributed by atoms with Gasteiger partial charge in [-0.15, -0.1) is 0 Å². The van der Waals surface area contributed by atoms with Crippen molar-refractivity contribution in [1.29, 1.82) is 0 Å². The van der Waals surface area contributed by atoms with Crippen molar-refractivity contribution in [3.05, 3.63) is 96.1 Å². The number of esters is 1. The molecular formula is C24H22O5. The highest BCUT2D eigenvalue weighted by atomic mass is 16.6. The van der Waals surface area contributed by atoms with E-state index in [0.29, 0.717) is 29.2 Å². The van der Waals surface area contributed by atoms with Crippen LogP contribution < -0.4 is 9.47 Å². The molecule has 5 nitrogen and oxygen atoms in total. The fraction of sp³-hybridized carbons (Fsp3) is 0.167. The highest BCUT2D eigenvalue weighted by Gasteiger charge is 2.26. The van der Waals surface area contributed by atoms with Crippen LogP contribution in [0.25, 0.3) is 0 Å². The molecule has 148 valence electrons. The van der Waals surface area contributed by atoms with Gasteiger partial charge in [-0.3, -0.25) is 4.79 Å². The quantitative estimate of drug-likeness (QED) is 0.394. The Hall–Kier alpha value is -3.60. The molecule has 0 saturated heterocycles. The van der Waals surface area contributed by atoms with E-state index in [1.165, 1.54) is 0 Å². The number of ether oxygens (including phenoxy) is 3. The Morgan fingerprint density at radius 3 is 1.93 bits per heavy atom. The molecular weight excluding hydrogens is 368 g/mol. The molecule has 0 aromatic heterocycles. The molecule has 0 N–H and O–H groups in total. The number of carbonyl (C=O) groups excluding carboxylic acids is 2. The van der Waals surface area contributed by atoms with Gasteiger partial charge in [0.05, 0.1) is 6.61 Å². The Balaban J connectivity index is 1.73. The number of hydrogen-bond acceptors (Lipinski definition) is 5. The molecule has 0 heterocycles. The Labute approximate surface area is 169 Å². The first-order valence-electron chi connectivity index (χ1n) is 9.37. The first-order chi connectivity index (χ1) is 14.2. The van der Waals surface area contributed by atoms with Crippen LogP contribution in [0.1, 0.15) is 28.9 Å². The number of rotatable bonds is 9. The summed E-state index contributed by atoms with van der Waals surface area (Å²) in [6.45, 7) is 2.01. The summed E-state index contributed by atoms with van der Waals surface area (Å²) in [6.07, 6.45) is -1.04. The monoisotopic (exact) mass is 390 g/mol. The van der Waals surface area contributed by atoms with Gasteiger partial charge >= 0.3 is 5.97 Å². The SMILES string of the molecule is CCOc1ccccc1OCC(=O)O[C@H](C(=O)c1ccccc1)c1ccccc1. The fourth-order valence-corrected chi connectivity index (χ4v) is 2.80. The van der Waals surface area contributed by atoms with Crippen molar-refractivity contribution in [3.63, 3.8) is 0 Å². The van der Waals surface area contributed by atoms with Crippen LogP contribution in [0.3, 0.4) is 0 Å². The van der Waals surface area contributed by atoms with Gasteiger partial charge in [-0.1, -0.05) is 72.8 Å². The predicted molar refractivity (Wildman–Crippen MR) is 109 cm³/mol. The molecule has 3 aromatic carbocycles. The lowest BCUT2D eigenvalue weighted by Crippen LogP contribution is -2.23. The number of carbonyl (C=O) groups is 2. The summed E-state index contributed by atoms with van der Waals surface area (Å²) < 4.78 is 16.6. The lowest BCUT2D eigenvalue weighted by molar-refractivity contribution is -0.149. The van der Waals surface area contributed by atoms with Crippen LogP contribution in [0.4, 0.5) is 0 Å². The standard InChI is InChI=1S/C24H22O5/c1-2-27-20-15-9-10-16-21(20)28-17-22(25)29-24(19-13-7-4-8-14-19)23(26)18-11-5-3-6-12-18/h3-16,24H,2,17H2,1H3/t24-/m0/s1.